The van der Waals surface area contributed by atoms with Crippen molar-refractivity contribution in [1.29, 1.82) is 0 Å². The first kappa shape index (κ1) is 19.5. The van der Waals surface area contributed by atoms with E-state index in [1.165, 1.54) is 0 Å². The molecule has 0 radical (unpaired) electrons. The number of rotatable bonds is 6. The van der Waals surface area contributed by atoms with E-state index in [1.54, 1.807) is 6.20 Å². The van der Waals surface area contributed by atoms with Gasteiger partial charge in [0.1, 0.15) is 11.4 Å². The molecule has 0 bridgehead atoms. The van der Waals surface area contributed by atoms with Gasteiger partial charge in [0.15, 0.2) is 5.82 Å². The zero-order valence-corrected chi connectivity index (χ0v) is 16.8. The molecule has 5 heteroatoms. The van der Waals surface area contributed by atoms with Crippen LogP contribution in [0.2, 0.25) is 0 Å². The summed E-state index contributed by atoms with van der Waals surface area (Å²) in [6.45, 7) is 6.77. The van der Waals surface area contributed by atoms with Gasteiger partial charge in [-0.15, -0.1) is 0 Å². The molecule has 1 atom stereocenters. The number of nitrogens with zero attached hydrogens (tertiary/aromatic N) is 3. The first-order valence-corrected chi connectivity index (χ1v) is 9.50. The van der Waals surface area contributed by atoms with Crippen LogP contribution in [0, 0.1) is 6.92 Å². The lowest BCUT2D eigenvalue weighted by Crippen LogP contribution is -2.30. The molecule has 1 heterocycles. The number of carbonyl (C=O) groups excluding carboxylic acids is 1. The van der Waals surface area contributed by atoms with Gasteiger partial charge in [0.05, 0.1) is 6.04 Å². The summed E-state index contributed by atoms with van der Waals surface area (Å²) in [5, 5.41) is 3.05. The fourth-order valence-corrected chi connectivity index (χ4v) is 3.00. The van der Waals surface area contributed by atoms with Gasteiger partial charge >= 0.3 is 0 Å². The van der Waals surface area contributed by atoms with Crippen LogP contribution < -0.4 is 10.2 Å². The van der Waals surface area contributed by atoms with Crippen molar-refractivity contribution in [2.75, 3.05) is 18.5 Å². The second kappa shape index (κ2) is 8.65. The van der Waals surface area contributed by atoms with E-state index in [1.807, 2.05) is 87.3 Å². The first-order chi connectivity index (χ1) is 13.5. The maximum Gasteiger partial charge on any atom is 0.257 e. The van der Waals surface area contributed by atoms with Crippen LogP contribution in [0.5, 0.6) is 0 Å². The van der Waals surface area contributed by atoms with Gasteiger partial charge in [-0.05, 0) is 32.4 Å². The summed E-state index contributed by atoms with van der Waals surface area (Å²) in [6, 6.07) is 17.8. The van der Waals surface area contributed by atoms with Crippen LogP contribution in [-0.2, 0) is 0 Å². The highest BCUT2D eigenvalue weighted by Gasteiger charge is 2.20. The molecule has 0 aliphatic carbocycles. The molecule has 3 rings (SSSR count). The van der Waals surface area contributed by atoms with E-state index in [2.05, 4.69) is 10.3 Å². The monoisotopic (exact) mass is 374 g/mol. The number of benzene rings is 2. The smallest absolute Gasteiger partial charge is 0.257 e. The molecular formula is C23H26N4O. The van der Waals surface area contributed by atoms with Crippen LogP contribution >= 0.6 is 0 Å². The van der Waals surface area contributed by atoms with Crippen LogP contribution in [0.3, 0.4) is 0 Å². The van der Waals surface area contributed by atoms with Crippen molar-refractivity contribution < 1.29 is 4.79 Å². The van der Waals surface area contributed by atoms with Gasteiger partial charge in [-0.2, -0.15) is 0 Å². The Morgan fingerprint density at radius 1 is 1.14 bits per heavy atom. The number of aromatic nitrogens is 2. The number of amides is 1. The summed E-state index contributed by atoms with van der Waals surface area (Å²) in [4.78, 5) is 24.1. The van der Waals surface area contributed by atoms with Gasteiger partial charge in [0.2, 0.25) is 0 Å². The van der Waals surface area contributed by atoms with Crippen LogP contribution in [0.25, 0.3) is 11.4 Å². The van der Waals surface area contributed by atoms with Crippen molar-refractivity contribution in [2.24, 2.45) is 0 Å². The van der Waals surface area contributed by atoms with Gasteiger partial charge in [0.25, 0.3) is 5.91 Å². The maximum absolute atomic E-state index is 13.0. The molecule has 0 saturated carbocycles. The Balaban J connectivity index is 1.92. The summed E-state index contributed by atoms with van der Waals surface area (Å²) in [7, 11) is 1.93. The lowest BCUT2D eigenvalue weighted by atomic mass is 10.1. The van der Waals surface area contributed by atoms with E-state index in [0.717, 1.165) is 23.2 Å². The SMILES string of the molecule is CCN(C)c1nc(-c2cccc(C)c2)ncc1C(=O)N[C@@H](C)c1ccccc1. The molecule has 0 aliphatic heterocycles. The predicted molar refractivity (Wildman–Crippen MR) is 113 cm³/mol. The topological polar surface area (TPSA) is 58.1 Å². The quantitative estimate of drug-likeness (QED) is 0.695. The van der Waals surface area contributed by atoms with Crippen molar-refractivity contribution in [1.82, 2.24) is 15.3 Å². The van der Waals surface area contributed by atoms with Crippen LogP contribution in [-0.4, -0.2) is 29.5 Å². The molecule has 0 unspecified atom stereocenters. The van der Waals surface area contributed by atoms with Crippen LogP contribution in [0.4, 0.5) is 5.82 Å². The number of carbonyl (C=O) groups is 1. The average molecular weight is 374 g/mol. The van der Waals surface area contributed by atoms with Crippen LogP contribution in [0.1, 0.15) is 41.4 Å². The summed E-state index contributed by atoms with van der Waals surface area (Å²) in [5.74, 6) is 1.07. The molecule has 0 aliphatic rings. The number of nitrogens with one attached hydrogen (secondary N) is 1. The molecule has 0 spiro atoms. The Kier molecular flexibility index (Phi) is 6.04. The zero-order chi connectivity index (χ0) is 20.1. The van der Waals surface area contributed by atoms with Crippen molar-refractivity contribution in [3.05, 3.63) is 77.5 Å². The molecule has 144 valence electrons. The molecule has 3 aromatic rings. The molecule has 2 aromatic carbocycles. The molecule has 0 saturated heterocycles. The third-order valence-electron chi connectivity index (χ3n) is 4.77. The van der Waals surface area contributed by atoms with E-state index in [9.17, 15) is 4.79 Å². The summed E-state index contributed by atoms with van der Waals surface area (Å²) in [6.07, 6.45) is 1.62. The second-order valence-electron chi connectivity index (χ2n) is 6.92. The predicted octanol–water partition coefficient (Wildman–Crippen LogP) is 4.40. The molecule has 28 heavy (non-hydrogen) atoms. The lowest BCUT2D eigenvalue weighted by molar-refractivity contribution is 0.0939. The van der Waals surface area contributed by atoms with Crippen molar-refractivity contribution in [3.63, 3.8) is 0 Å². The second-order valence-corrected chi connectivity index (χ2v) is 6.92. The standard InChI is InChI=1S/C23H26N4O/c1-5-27(4)22-20(23(28)25-17(3)18-11-7-6-8-12-18)15-24-21(26-22)19-13-9-10-16(2)14-19/h6-15,17H,5H2,1-4H3,(H,25,28)/t17-/m0/s1. The summed E-state index contributed by atoms with van der Waals surface area (Å²) < 4.78 is 0. The highest BCUT2D eigenvalue weighted by Crippen LogP contribution is 2.23. The van der Waals surface area contributed by atoms with E-state index in [4.69, 9.17) is 4.98 Å². The molecule has 1 N–H and O–H groups in total. The third-order valence-corrected chi connectivity index (χ3v) is 4.77. The Labute approximate surface area is 166 Å². The minimum atomic E-state index is -0.178. The van der Waals surface area contributed by atoms with Gasteiger partial charge in [0, 0.05) is 25.4 Å². The van der Waals surface area contributed by atoms with E-state index in [0.29, 0.717) is 17.2 Å². The molecule has 1 aromatic heterocycles. The number of anilines is 1. The fraction of sp³-hybridized carbons (Fsp3) is 0.261. The minimum absolute atomic E-state index is 0.107. The largest absolute Gasteiger partial charge is 0.359 e. The summed E-state index contributed by atoms with van der Waals surface area (Å²) in [5.41, 5.74) is 3.61. The Bertz CT molecular complexity index is 956. The Hall–Kier alpha value is -3.21. The minimum Gasteiger partial charge on any atom is -0.359 e. The lowest BCUT2D eigenvalue weighted by Gasteiger charge is -2.21. The molecule has 0 fully saturated rings. The van der Waals surface area contributed by atoms with Crippen molar-refractivity contribution in [3.8, 4) is 11.4 Å². The van der Waals surface area contributed by atoms with Gasteiger partial charge < -0.3 is 10.2 Å². The molecule has 5 nitrogen and oxygen atoms in total. The van der Waals surface area contributed by atoms with E-state index < -0.39 is 0 Å². The Morgan fingerprint density at radius 3 is 2.57 bits per heavy atom. The summed E-state index contributed by atoms with van der Waals surface area (Å²) >= 11 is 0. The van der Waals surface area contributed by atoms with Crippen molar-refractivity contribution in [2.45, 2.75) is 26.8 Å². The van der Waals surface area contributed by atoms with E-state index >= 15 is 0 Å². The highest BCUT2D eigenvalue weighted by atomic mass is 16.1. The first-order valence-electron chi connectivity index (χ1n) is 9.50. The number of aryl methyl sites for hydroxylation is 1. The van der Waals surface area contributed by atoms with Crippen LogP contribution in [0.15, 0.2) is 60.8 Å². The third kappa shape index (κ3) is 4.36. The molecule has 1 amide bonds. The Morgan fingerprint density at radius 2 is 1.89 bits per heavy atom. The maximum atomic E-state index is 13.0. The van der Waals surface area contributed by atoms with Gasteiger partial charge in [-0.25, -0.2) is 9.97 Å². The number of hydrogen-bond donors (Lipinski definition) is 1. The normalized spacial score (nSPS) is 11.7. The number of hydrogen-bond acceptors (Lipinski definition) is 4. The van der Waals surface area contributed by atoms with Gasteiger partial charge in [-0.3, -0.25) is 4.79 Å². The average Bonchev–Trinajstić information content (AvgIpc) is 2.73. The van der Waals surface area contributed by atoms with Gasteiger partial charge in [-0.1, -0.05) is 54.1 Å². The van der Waals surface area contributed by atoms with Crippen molar-refractivity contribution >= 4 is 11.7 Å². The highest BCUT2D eigenvalue weighted by molar-refractivity contribution is 5.99. The zero-order valence-electron chi connectivity index (χ0n) is 16.8. The van der Waals surface area contributed by atoms with E-state index in [-0.39, 0.29) is 11.9 Å². The fourth-order valence-electron chi connectivity index (χ4n) is 3.00. The molecular weight excluding hydrogens is 348 g/mol.